The lowest BCUT2D eigenvalue weighted by Crippen LogP contribution is -2.33. The SMILES string of the molecule is Cc1ccc(-n2nnnc2SC(C)C(=O)NC(C)c2ccc(F)cc2)c(C)c1. The molecule has 0 saturated carbocycles. The summed E-state index contributed by atoms with van der Waals surface area (Å²) in [6.45, 7) is 7.69. The molecule has 0 fully saturated rings. The van der Waals surface area contributed by atoms with Crippen LogP contribution in [0.25, 0.3) is 5.69 Å². The standard InChI is InChI=1S/C20H22FN5OS/c1-12-5-10-18(13(2)11-12)26-20(23-24-25-26)28-15(4)19(27)22-14(3)16-6-8-17(21)9-7-16/h5-11,14-15H,1-4H3,(H,22,27). The second-order valence-electron chi connectivity index (χ2n) is 6.71. The van der Waals surface area contributed by atoms with Gasteiger partial charge in [0.1, 0.15) is 5.82 Å². The first-order valence-electron chi connectivity index (χ1n) is 8.93. The van der Waals surface area contributed by atoms with Gasteiger partial charge in [-0.1, -0.05) is 41.6 Å². The fraction of sp³-hybridized carbons (Fsp3) is 0.300. The second kappa shape index (κ2) is 8.52. The van der Waals surface area contributed by atoms with E-state index in [1.54, 1.807) is 23.7 Å². The maximum atomic E-state index is 13.1. The molecule has 0 aliphatic rings. The van der Waals surface area contributed by atoms with Gasteiger partial charge in [0.15, 0.2) is 0 Å². The summed E-state index contributed by atoms with van der Waals surface area (Å²) >= 11 is 1.29. The predicted molar refractivity (Wildman–Crippen MR) is 107 cm³/mol. The van der Waals surface area contributed by atoms with Gasteiger partial charge in [-0.3, -0.25) is 4.79 Å². The van der Waals surface area contributed by atoms with Gasteiger partial charge in [0, 0.05) is 0 Å². The van der Waals surface area contributed by atoms with Gasteiger partial charge in [-0.2, -0.15) is 4.68 Å². The van der Waals surface area contributed by atoms with Gasteiger partial charge in [-0.15, -0.1) is 5.10 Å². The molecule has 2 unspecified atom stereocenters. The largest absolute Gasteiger partial charge is 0.349 e. The number of carbonyl (C=O) groups is 1. The van der Waals surface area contributed by atoms with E-state index in [2.05, 4.69) is 26.9 Å². The van der Waals surface area contributed by atoms with Crippen molar-refractivity contribution in [3.05, 3.63) is 65.0 Å². The highest BCUT2D eigenvalue weighted by atomic mass is 32.2. The van der Waals surface area contributed by atoms with Crippen molar-refractivity contribution in [1.29, 1.82) is 0 Å². The maximum absolute atomic E-state index is 13.1. The summed E-state index contributed by atoms with van der Waals surface area (Å²) in [4.78, 5) is 12.6. The van der Waals surface area contributed by atoms with Crippen molar-refractivity contribution in [2.45, 2.75) is 44.1 Å². The third-order valence-electron chi connectivity index (χ3n) is 4.40. The highest BCUT2D eigenvalue weighted by molar-refractivity contribution is 8.00. The van der Waals surface area contributed by atoms with E-state index in [0.717, 1.165) is 22.4 Å². The number of thioether (sulfide) groups is 1. The molecule has 2 aromatic carbocycles. The summed E-state index contributed by atoms with van der Waals surface area (Å²) < 4.78 is 14.7. The molecule has 1 aromatic heterocycles. The van der Waals surface area contributed by atoms with Crippen LogP contribution >= 0.6 is 11.8 Å². The molecule has 2 atom stereocenters. The molecule has 0 spiro atoms. The lowest BCUT2D eigenvalue weighted by molar-refractivity contribution is -0.120. The molecule has 0 saturated heterocycles. The Morgan fingerprint density at radius 1 is 1.14 bits per heavy atom. The molecule has 0 bridgehead atoms. The summed E-state index contributed by atoms with van der Waals surface area (Å²) in [6, 6.07) is 11.9. The van der Waals surface area contributed by atoms with Crippen LogP contribution in [0.1, 0.15) is 36.6 Å². The number of hydrogen-bond donors (Lipinski definition) is 1. The predicted octanol–water partition coefficient (Wildman–Crippen LogP) is 3.78. The summed E-state index contributed by atoms with van der Waals surface area (Å²) in [5.74, 6) is -0.443. The molecule has 28 heavy (non-hydrogen) atoms. The molecule has 3 aromatic rings. The number of amides is 1. The molecule has 0 radical (unpaired) electrons. The van der Waals surface area contributed by atoms with Crippen LogP contribution in [-0.2, 0) is 4.79 Å². The average Bonchev–Trinajstić information content (AvgIpc) is 3.10. The van der Waals surface area contributed by atoms with Crippen molar-refractivity contribution in [3.8, 4) is 5.69 Å². The number of tetrazole rings is 1. The maximum Gasteiger partial charge on any atom is 0.233 e. The van der Waals surface area contributed by atoms with Gasteiger partial charge in [0.25, 0.3) is 0 Å². The molecule has 146 valence electrons. The Kier molecular flexibility index (Phi) is 6.08. The van der Waals surface area contributed by atoms with Gasteiger partial charge >= 0.3 is 0 Å². The summed E-state index contributed by atoms with van der Waals surface area (Å²) in [7, 11) is 0. The summed E-state index contributed by atoms with van der Waals surface area (Å²) in [5.41, 5.74) is 3.93. The van der Waals surface area contributed by atoms with E-state index in [0.29, 0.717) is 5.16 Å². The van der Waals surface area contributed by atoms with Crippen LogP contribution in [0.15, 0.2) is 47.6 Å². The van der Waals surface area contributed by atoms with Crippen LogP contribution in [0.3, 0.4) is 0 Å². The lowest BCUT2D eigenvalue weighted by Gasteiger charge is -2.17. The zero-order valence-electron chi connectivity index (χ0n) is 16.2. The number of carbonyl (C=O) groups excluding carboxylic acids is 1. The van der Waals surface area contributed by atoms with Crippen LogP contribution in [0.2, 0.25) is 0 Å². The Bertz CT molecular complexity index is 973. The average molecular weight is 399 g/mol. The number of aromatic nitrogens is 4. The van der Waals surface area contributed by atoms with Gasteiger partial charge in [0.05, 0.1) is 17.0 Å². The number of rotatable bonds is 6. The molecule has 3 rings (SSSR count). The molecular formula is C20H22FN5OS. The number of benzene rings is 2. The Labute approximate surface area is 167 Å². The van der Waals surface area contributed by atoms with Crippen LogP contribution in [-0.4, -0.2) is 31.4 Å². The molecule has 6 nitrogen and oxygen atoms in total. The third-order valence-corrected chi connectivity index (χ3v) is 5.43. The van der Waals surface area contributed by atoms with Gasteiger partial charge < -0.3 is 5.32 Å². The monoisotopic (exact) mass is 399 g/mol. The topological polar surface area (TPSA) is 72.7 Å². The van der Waals surface area contributed by atoms with E-state index >= 15 is 0 Å². The smallest absolute Gasteiger partial charge is 0.233 e. The number of hydrogen-bond acceptors (Lipinski definition) is 5. The van der Waals surface area contributed by atoms with E-state index in [9.17, 15) is 9.18 Å². The fourth-order valence-corrected chi connectivity index (χ4v) is 3.63. The minimum absolute atomic E-state index is 0.142. The van der Waals surface area contributed by atoms with Gasteiger partial charge in [0.2, 0.25) is 11.1 Å². The number of aryl methyl sites for hydroxylation is 2. The Balaban J connectivity index is 1.69. The minimum atomic E-state index is -0.404. The van der Waals surface area contributed by atoms with Gasteiger partial charge in [-0.05, 0) is 67.4 Å². The van der Waals surface area contributed by atoms with Crippen molar-refractivity contribution < 1.29 is 9.18 Å². The zero-order chi connectivity index (χ0) is 20.3. The van der Waals surface area contributed by atoms with Crippen molar-refractivity contribution >= 4 is 17.7 Å². The van der Waals surface area contributed by atoms with Crippen LogP contribution in [0.5, 0.6) is 0 Å². The van der Waals surface area contributed by atoms with E-state index in [4.69, 9.17) is 0 Å². The molecule has 1 heterocycles. The summed E-state index contributed by atoms with van der Waals surface area (Å²) in [6.07, 6.45) is 0. The van der Waals surface area contributed by atoms with E-state index < -0.39 is 5.25 Å². The van der Waals surface area contributed by atoms with Crippen molar-refractivity contribution in [2.75, 3.05) is 0 Å². The van der Waals surface area contributed by atoms with Crippen LogP contribution in [0.4, 0.5) is 4.39 Å². The number of nitrogens with zero attached hydrogens (tertiary/aromatic N) is 4. The Morgan fingerprint density at radius 3 is 2.54 bits per heavy atom. The highest BCUT2D eigenvalue weighted by Crippen LogP contribution is 2.25. The van der Waals surface area contributed by atoms with Crippen molar-refractivity contribution in [1.82, 2.24) is 25.5 Å². The molecule has 8 heteroatoms. The normalized spacial score (nSPS) is 13.2. The number of halogens is 1. The zero-order valence-corrected chi connectivity index (χ0v) is 17.0. The van der Waals surface area contributed by atoms with Crippen LogP contribution < -0.4 is 5.32 Å². The Hall–Kier alpha value is -2.74. The molecular weight excluding hydrogens is 377 g/mol. The van der Waals surface area contributed by atoms with Crippen molar-refractivity contribution in [2.24, 2.45) is 0 Å². The van der Waals surface area contributed by atoms with Gasteiger partial charge in [-0.25, -0.2) is 4.39 Å². The number of nitrogens with one attached hydrogen (secondary N) is 1. The molecule has 0 aliphatic carbocycles. The van der Waals surface area contributed by atoms with Crippen LogP contribution in [0, 0.1) is 19.7 Å². The summed E-state index contributed by atoms with van der Waals surface area (Å²) in [5, 5.41) is 15.0. The van der Waals surface area contributed by atoms with E-state index in [1.165, 1.54) is 23.9 Å². The molecule has 1 N–H and O–H groups in total. The first-order valence-corrected chi connectivity index (χ1v) is 9.81. The minimum Gasteiger partial charge on any atom is -0.349 e. The Morgan fingerprint density at radius 2 is 1.86 bits per heavy atom. The second-order valence-corrected chi connectivity index (χ2v) is 8.01. The lowest BCUT2D eigenvalue weighted by atomic mass is 10.1. The quantitative estimate of drug-likeness (QED) is 0.639. The van der Waals surface area contributed by atoms with E-state index in [1.807, 2.05) is 32.9 Å². The highest BCUT2D eigenvalue weighted by Gasteiger charge is 2.21. The molecule has 0 aliphatic heterocycles. The molecule has 1 amide bonds. The first kappa shape index (κ1) is 20.0. The van der Waals surface area contributed by atoms with Crippen molar-refractivity contribution in [3.63, 3.8) is 0 Å². The van der Waals surface area contributed by atoms with E-state index in [-0.39, 0.29) is 17.8 Å². The first-order chi connectivity index (χ1) is 13.3. The fourth-order valence-electron chi connectivity index (χ4n) is 2.82. The third kappa shape index (κ3) is 4.56.